The number of thiophene rings is 2. The molecular formula is C12H15ClOS2. The molecule has 0 atom stereocenters. The highest BCUT2D eigenvalue weighted by molar-refractivity contribution is 7.12. The Bertz CT molecular complexity index is 380. The molecule has 0 fully saturated rings. The van der Waals surface area contributed by atoms with Crippen molar-refractivity contribution in [1.82, 2.24) is 0 Å². The second-order valence-electron chi connectivity index (χ2n) is 3.32. The highest BCUT2D eigenvalue weighted by atomic mass is 35.5. The van der Waals surface area contributed by atoms with Crippen LogP contribution in [0.25, 0.3) is 0 Å². The molecule has 0 amide bonds. The number of hydrogen-bond acceptors (Lipinski definition) is 3. The molecule has 2 rings (SSSR count). The maximum absolute atomic E-state index is 8.56. The third-order valence-electron chi connectivity index (χ3n) is 1.88. The van der Waals surface area contributed by atoms with E-state index in [1.807, 2.05) is 19.1 Å². The summed E-state index contributed by atoms with van der Waals surface area (Å²) in [4.78, 5) is 4.89. The molecular weight excluding hydrogens is 260 g/mol. The molecule has 0 aliphatic rings. The van der Waals surface area contributed by atoms with Crippen LogP contribution in [0.4, 0.5) is 0 Å². The third kappa shape index (κ3) is 4.66. The Morgan fingerprint density at radius 2 is 1.50 bits per heavy atom. The normalized spacial score (nSPS) is 9.75. The van der Waals surface area contributed by atoms with Crippen LogP contribution in [0.1, 0.15) is 19.5 Å². The lowest BCUT2D eigenvalue weighted by molar-refractivity contribution is 0.285. The van der Waals surface area contributed by atoms with Crippen LogP contribution >= 0.6 is 34.3 Å². The first-order valence-electron chi connectivity index (χ1n) is 4.93. The molecule has 1 nitrogen and oxygen atoms in total. The summed E-state index contributed by atoms with van der Waals surface area (Å²) in [6.45, 7) is 4.29. The van der Waals surface area contributed by atoms with Crippen LogP contribution in [0.15, 0.2) is 24.3 Å². The third-order valence-corrected chi connectivity index (χ3v) is 4.31. The van der Waals surface area contributed by atoms with Crippen LogP contribution in [0.2, 0.25) is 0 Å². The molecule has 0 aliphatic heterocycles. The molecule has 0 unspecified atom stereocenters. The maximum atomic E-state index is 8.56. The van der Waals surface area contributed by atoms with Gasteiger partial charge in [-0.15, -0.1) is 34.3 Å². The summed E-state index contributed by atoms with van der Waals surface area (Å²) >= 11 is 8.94. The van der Waals surface area contributed by atoms with Crippen molar-refractivity contribution in [2.75, 3.05) is 0 Å². The zero-order chi connectivity index (χ0) is 12.0. The lowest BCUT2D eigenvalue weighted by Crippen LogP contribution is -1.69. The average Bonchev–Trinajstić information content (AvgIpc) is 2.88. The van der Waals surface area contributed by atoms with Crippen molar-refractivity contribution in [2.24, 2.45) is 0 Å². The van der Waals surface area contributed by atoms with E-state index in [-0.39, 0.29) is 6.61 Å². The Hall–Kier alpha value is -0.350. The van der Waals surface area contributed by atoms with Gasteiger partial charge in [-0.25, -0.2) is 0 Å². The lowest BCUT2D eigenvalue weighted by atomic mass is 10.4. The topological polar surface area (TPSA) is 20.2 Å². The molecule has 0 bridgehead atoms. The molecule has 2 heterocycles. The van der Waals surface area contributed by atoms with E-state index in [0.717, 1.165) is 4.88 Å². The summed E-state index contributed by atoms with van der Waals surface area (Å²) in [5.41, 5.74) is 0. The second kappa shape index (κ2) is 7.07. The number of alkyl halides is 1. The minimum absolute atomic E-state index is 0.179. The van der Waals surface area contributed by atoms with E-state index in [1.165, 1.54) is 14.6 Å². The van der Waals surface area contributed by atoms with Crippen molar-refractivity contribution in [3.63, 3.8) is 0 Å². The summed E-state index contributed by atoms with van der Waals surface area (Å²) in [5.74, 6) is 0.651. The predicted octanol–water partition coefficient (Wildman–Crippen LogP) is 4.34. The Morgan fingerprint density at radius 3 is 1.69 bits per heavy atom. The first-order chi connectivity index (χ1) is 7.65. The van der Waals surface area contributed by atoms with Crippen molar-refractivity contribution in [3.05, 3.63) is 43.8 Å². The van der Waals surface area contributed by atoms with Gasteiger partial charge in [-0.1, -0.05) is 0 Å². The largest absolute Gasteiger partial charge is 0.391 e. The molecule has 0 radical (unpaired) electrons. The van der Waals surface area contributed by atoms with Gasteiger partial charge in [-0.05, 0) is 38.1 Å². The quantitative estimate of drug-likeness (QED) is 0.808. The second-order valence-corrected chi connectivity index (χ2v) is 6.33. The Morgan fingerprint density at radius 1 is 1.00 bits per heavy atom. The standard InChI is InChI=1S/C6H7ClS.C6H8OS/c2*1-5-2-3-6(4-7)8-5/h2-3H,4H2,1H3;2-3,7H,4H2,1H3. The molecule has 0 spiro atoms. The minimum Gasteiger partial charge on any atom is -0.391 e. The van der Waals surface area contributed by atoms with Crippen LogP contribution in [0.5, 0.6) is 0 Å². The average molecular weight is 275 g/mol. The molecule has 88 valence electrons. The molecule has 1 N–H and O–H groups in total. The number of aliphatic hydroxyl groups excluding tert-OH is 1. The highest BCUT2D eigenvalue weighted by Crippen LogP contribution is 2.16. The van der Waals surface area contributed by atoms with E-state index in [9.17, 15) is 0 Å². The fraction of sp³-hybridized carbons (Fsp3) is 0.333. The van der Waals surface area contributed by atoms with Crippen LogP contribution in [0.3, 0.4) is 0 Å². The van der Waals surface area contributed by atoms with Gasteiger partial charge >= 0.3 is 0 Å². The summed E-state index contributed by atoms with van der Waals surface area (Å²) in [6.07, 6.45) is 0. The SMILES string of the molecule is Cc1ccc(CCl)s1.Cc1ccc(CO)s1. The monoisotopic (exact) mass is 274 g/mol. The first-order valence-corrected chi connectivity index (χ1v) is 7.10. The first kappa shape index (κ1) is 13.7. The zero-order valence-corrected chi connectivity index (χ0v) is 11.8. The van der Waals surface area contributed by atoms with E-state index in [4.69, 9.17) is 16.7 Å². The Labute approximate surface area is 109 Å². The van der Waals surface area contributed by atoms with Crippen molar-refractivity contribution in [1.29, 1.82) is 0 Å². The predicted molar refractivity (Wildman–Crippen MR) is 73.6 cm³/mol. The van der Waals surface area contributed by atoms with Gasteiger partial charge in [0.1, 0.15) is 0 Å². The van der Waals surface area contributed by atoms with Gasteiger partial charge < -0.3 is 5.11 Å². The van der Waals surface area contributed by atoms with Crippen LogP contribution in [0, 0.1) is 13.8 Å². The van der Waals surface area contributed by atoms with Gasteiger partial charge in [0.2, 0.25) is 0 Å². The fourth-order valence-corrected chi connectivity index (χ4v) is 2.87. The molecule has 2 aromatic rings. The molecule has 2 aromatic heterocycles. The van der Waals surface area contributed by atoms with Crippen LogP contribution in [-0.2, 0) is 12.5 Å². The number of aliphatic hydroxyl groups is 1. The van der Waals surface area contributed by atoms with E-state index < -0.39 is 0 Å². The zero-order valence-electron chi connectivity index (χ0n) is 9.37. The fourth-order valence-electron chi connectivity index (χ4n) is 1.13. The molecule has 0 aliphatic carbocycles. The van der Waals surface area contributed by atoms with E-state index in [2.05, 4.69) is 19.1 Å². The van der Waals surface area contributed by atoms with Crippen LogP contribution < -0.4 is 0 Å². The molecule has 0 saturated carbocycles. The molecule has 16 heavy (non-hydrogen) atoms. The van der Waals surface area contributed by atoms with E-state index >= 15 is 0 Å². The number of aryl methyl sites for hydroxylation is 2. The highest BCUT2D eigenvalue weighted by Gasteiger charge is 1.91. The molecule has 0 saturated heterocycles. The molecule has 4 heteroatoms. The summed E-state index contributed by atoms with van der Waals surface area (Å²) in [6, 6.07) is 8.10. The number of hydrogen-bond donors (Lipinski definition) is 1. The molecule has 0 aromatic carbocycles. The smallest absolute Gasteiger partial charge is 0.0774 e. The van der Waals surface area contributed by atoms with Crippen molar-refractivity contribution < 1.29 is 5.11 Å². The Kier molecular flexibility index (Phi) is 6.06. The number of halogens is 1. The van der Waals surface area contributed by atoms with Gasteiger partial charge in [0, 0.05) is 19.5 Å². The summed E-state index contributed by atoms with van der Waals surface area (Å²) < 4.78 is 0. The summed E-state index contributed by atoms with van der Waals surface area (Å²) in [7, 11) is 0. The van der Waals surface area contributed by atoms with Gasteiger partial charge in [-0.2, -0.15) is 0 Å². The minimum atomic E-state index is 0.179. The Balaban J connectivity index is 0.000000160. The van der Waals surface area contributed by atoms with Gasteiger partial charge in [-0.3, -0.25) is 0 Å². The summed E-state index contributed by atoms with van der Waals surface area (Å²) in [5, 5.41) is 8.56. The maximum Gasteiger partial charge on any atom is 0.0774 e. The van der Waals surface area contributed by atoms with Crippen molar-refractivity contribution in [3.8, 4) is 0 Å². The van der Waals surface area contributed by atoms with Crippen LogP contribution in [-0.4, -0.2) is 5.11 Å². The van der Waals surface area contributed by atoms with Gasteiger partial charge in [0.05, 0.1) is 12.5 Å². The van der Waals surface area contributed by atoms with Crippen molar-refractivity contribution >= 4 is 34.3 Å². The van der Waals surface area contributed by atoms with Crippen molar-refractivity contribution in [2.45, 2.75) is 26.3 Å². The van der Waals surface area contributed by atoms with Gasteiger partial charge in [0.15, 0.2) is 0 Å². The number of rotatable bonds is 2. The lowest BCUT2D eigenvalue weighted by Gasteiger charge is -1.80. The van der Waals surface area contributed by atoms with E-state index in [1.54, 1.807) is 22.7 Å². The van der Waals surface area contributed by atoms with Gasteiger partial charge in [0.25, 0.3) is 0 Å². The van der Waals surface area contributed by atoms with E-state index in [0.29, 0.717) is 5.88 Å².